The summed E-state index contributed by atoms with van der Waals surface area (Å²) in [5, 5.41) is 9.92. The summed E-state index contributed by atoms with van der Waals surface area (Å²) in [6, 6.07) is 16.9. The monoisotopic (exact) mass is 332 g/mol. The van der Waals surface area contributed by atoms with Crippen molar-refractivity contribution in [1.82, 2.24) is 0 Å². The Hall–Kier alpha value is -1.76. The molecular formula is C15H10BrClN2. The molecule has 0 amide bonds. The fraction of sp³-hybridized carbons (Fsp3) is 0. The number of halogens is 2. The van der Waals surface area contributed by atoms with E-state index in [1.165, 1.54) is 0 Å². The van der Waals surface area contributed by atoms with Gasteiger partial charge in [0.1, 0.15) is 6.07 Å². The van der Waals surface area contributed by atoms with Gasteiger partial charge in [-0.3, -0.25) is 0 Å². The largest absolute Gasteiger partial charge is 0.397 e. The van der Waals surface area contributed by atoms with Crippen molar-refractivity contribution < 1.29 is 0 Å². The van der Waals surface area contributed by atoms with Crippen molar-refractivity contribution in [2.24, 2.45) is 5.73 Å². The molecule has 2 N–H and O–H groups in total. The summed E-state index contributed by atoms with van der Waals surface area (Å²) in [5.74, 6) is 0. The molecule has 0 aliphatic heterocycles. The van der Waals surface area contributed by atoms with Gasteiger partial charge >= 0.3 is 0 Å². The lowest BCUT2D eigenvalue weighted by atomic mass is 10.0. The highest BCUT2D eigenvalue weighted by molar-refractivity contribution is 9.10. The Bertz CT molecular complexity index is 672. The van der Waals surface area contributed by atoms with Gasteiger partial charge in [0.15, 0.2) is 0 Å². The number of nitriles is 1. The van der Waals surface area contributed by atoms with E-state index in [2.05, 4.69) is 22.0 Å². The van der Waals surface area contributed by atoms with E-state index >= 15 is 0 Å². The topological polar surface area (TPSA) is 49.8 Å². The van der Waals surface area contributed by atoms with E-state index < -0.39 is 0 Å². The zero-order valence-corrected chi connectivity index (χ0v) is 12.2. The number of hydrogen-bond acceptors (Lipinski definition) is 2. The number of hydrogen-bond donors (Lipinski definition) is 1. The van der Waals surface area contributed by atoms with Crippen molar-refractivity contribution in [1.29, 1.82) is 5.26 Å². The van der Waals surface area contributed by atoms with E-state index in [0.29, 0.717) is 16.3 Å². The van der Waals surface area contributed by atoms with E-state index in [1.54, 1.807) is 18.2 Å². The maximum atomic E-state index is 9.31. The van der Waals surface area contributed by atoms with Crippen molar-refractivity contribution >= 4 is 38.8 Å². The van der Waals surface area contributed by atoms with Crippen LogP contribution < -0.4 is 5.73 Å². The van der Waals surface area contributed by atoms with Crippen LogP contribution in [-0.4, -0.2) is 0 Å². The Kier molecular flexibility index (Phi) is 4.26. The van der Waals surface area contributed by atoms with Crippen LogP contribution in [0.3, 0.4) is 0 Å². The Morgan fingerprint density at radius 3 is 2.37 bits per heavy atom. The minimum atomic E-state index is 0.436. The van der Waals surface area contributed by atoms with Crippen LogP contribution in [0.4, 0.5) is 0 Å². The molecule has 2 aromatic rings. The van der Waals surface area contributed by atoms with Crippen molar-refractivity contribution in [3.63, 3.8) is 0 Å². The molecule has 0 aliphatic carbocycles. The molecule has 0 saturated carbocycles. The second kappa shape index (κ2) is 5.92. The molecule has 0 spiro atoms. The van der Waals surface area contributed by atoms with Crippen LogP contribution in [0.5, 0.6) is 0 Å². The predicted molar refractivity (Wildman–Crippen MR) is 82.2 cm³/mol. The maximum Gasteiger partial charge on any atom is 0.102 e. The van der Waals surface area contributed by atoms with E-state index in [9.17, 15) is 5.26 Å². The molecule has 94 valence electrons. The number of nitrogens with two attached hydrogens (primary N) is 1. The second-order valence-electron chi connectivity index (χ2n) is 3.90. The number of allylic oxidation sites excluding steroid dienone is 1. The summed E-state index contributed by atoms with van der Waals surface area (Å²) in [6.45, 7) is 0. The molecule has 0 aromatic heterocycles. The molecular weight excluding hydrogens is 324 g/mol. The van der Waals surface area contributed by atoms with Crippen LogP contribution in [0.2, 0.25) is 5.02 Å². The molecule has 0 aliphatic rings. The standard InChI is InChI=1S/C15H10BrClN2/c16-13-8-11(6-7-14(13)17)15(19)12(9-18)10-4-2-1-3-5-10/h1-8H,19H2/b15-12-. The smallest absolute Gasteiger partial charge is 0.102 e. The summed E-state index contributed by atoms with van der Waals surface area (Å²) >= 11 is 9.30. The Morgan fingerprint density at radius 2 is 1.79 bits per heavy atom. The van der Waals surface area contributed by atoms with Gasteiger partial charge in [0, 0.05) is 4.47 Å². The summed E-state index contributed by atoms with van der Waals surface area (Å²) < 4.78 is 0.750. The highest BCUT2D eigenvalue weighted by atomic mass is 79.9. The molecule has 0 fully saturated rings. The minimum Gasteiger partial charge on any atom is -0.397 e. The molecule has 4 heteroatoms. The first-order chi connectivity index (χ1) is 9.13. The van der Waals surface area contributed by atoms with Gasteiger partial charge in [-0.05, 0) is 39.2 Å². The lowest BCUT2D eigenvalue weighted by molar-refractivity contribution is 1.47. The minimum absolute atomic E-state index is 0.436. The van der Waals surface area contributed by atoms with E-state index in [0.717, 1.165) is 15.6 Å². The van der Waals surface area contributed by atoms with Crippen molar-refractivity contribution in [2.75, 3.05) is 0 Å². The molecule has 0 heterocycles. The Morgan fingerprint density at radius 1 is 1.11 bits per heavy atom. The molecule has 2 rings (SSSR count). The summed E-state index contributed by atoms with van der Waals surface area (Å²) in [4.78, 5) is 0. The van der Waals surface area contributed by atoms with Gasteiger partial charge < -0.3 is 5.73 Å². The molecule has 19 heavy (non-hydrogen) atoms. The maximum absolute atomic E-state index is 9.31. The van der Waals surface area contributed by atoms with Gasteiger partial charge in [-0.1, -0.05) is 48.0 Å². The van der Waals surface area contributed by atoms with Crippen LogP contribution in [0.1, 0.15) is 11.1 Å². The highest BCUT2D eigenvalue weighted by Gasteiger charge is 2.09. The van der Waals surface area contributed by atoms with Gasteiger partial charge in [-0.15, -0.1) is 0 Å². The lowest BCUT2D eigenvalue weighted by Crippen LogP contribution is -2.00. The third-order valence-electron chi connectivity index (χ3n) is 2.67. The van der Waals surface area contributed by atoms with Gasteiger partial charge in [0.25, 0.3) is 0 Å². The third-order valence-corrected chi connectivity index (χ3v) is 3.89. The fourth-order valence-electron chi connectivity index (χ4n) is 1.69. The van der Waals surface area contributed by atoms with E-state index in [1.807, 2.05) is 30.3 Å². The number of benzene rings is 2. The zero-order chi connectivity index (χ0) is 13.8. The summed E-state index contributed by atoms with van der Waals surface area (Å²) in [5.41, 5.74) is 8.54. The van der Waals surface area contributed by atoms with Crippen LogP contribution in [0.15, 0.2) is 53.0 Å². The van der Waals surface area contributed by atoms with Crippen molar-refractivity contribution in [3.05, 3.63) is 69.2 Å². The molecule has 0 unspecified atom stereocenters. The molecule has 2 aromatic carbocycles. The molecule has 0 saturated heterocycles. The summed E-state index contributed by atoms with van der Waals surface area (Å²) in [7, 11) is 0. The first kappa shape index (κ1) is 13.7. The van der Waals surface area contributed by atoms with Crippen LogP contribution >= 0.6 is 27.5 Å². The second-order valence-corrected chi connectivity index (χ2v) is 5.16. The molecule has 0 radical (unpaired) electrons. The Labute approximate surface area is 125 Å². The normalized spacial score (nSPS) is 11.6. The van der Waals surface area contributed by atoms with E-state index in [-0.39, 0.29) is 0 Å². The van der Waals surface area contributed by atoms with Gasteiger partial charge in [-0.2, -0.15) is 5.26 Å². The molecule has 0 atom stereocenters. The average molecular weight is 334 g/mol. The van der Waals surface area contributed by atoms with Crippen molar-refractivity contribution in [2.45, 2.75) is 0 Å². The first-order valence-corrected chi connectivity index (χ1v) is 6.71. The molecule has 2 nitrogen and oxygen atoms in total. The van der Waals surface area contributed by atoms with E-state index in [4.69, 9.17) is 17.3 Å². The zero-order valence-electron chi connectivity index (χ0n) is 9.90. The summed E-state index contributed by atoms with van der Waals surface area (Å²) in [6.07, 6.45) is 0. The highest BCUT2D eigenvalue weighted by Crippen LogP contribution is 2.28. The quantitative estimate of drug-likeness (QED) is 0.652. The SMILES string of the molecule is N#C/C(=C(/N)c1ccc(Cl)c(Br)c1)c1ccccc1. The van der Waals surface area contributed by atoms with Crippen LogP contribution in [-0.2, 0) is 0 Å². The number of nitrogens with zero attached hydrogens (tertiary/aromatic N) is 1. The number of rotatable bonds is 2. The van der Waals surface area contributed by atoms with Crippen LogP contribution in [0, 0.1) is 11.3 Å². The fourth-order valence-corrected chi connectivity index (χ4v) is 2.19. The van der Waals surface area contributed by atoms with Crippen LogP contribution in [0.25, 0.3) is 11.3 Å². The van der Waals surface area contributed by atoms with Crippen molar-refractivity contribution in [3.8, 4) is 6.07 Å². The average Bonchev–Trinajstić information content (AvgIpc) is 2.44. The predicted octanol–water partition coefficient (Wildman–Crippen LogP) is 4.45. The lowest BCUT2D eigenvalue weighted by Gasteiger charge is -2.07. The first-order valence-electron chi connectivity index (χ1n) is 5.54. The van der Waals surface area contributed by atoms with Gasteiger partial charge in [0.2, 0.25) is 0 Å². The third kappa shape index (κ3) is 2.98. The van der Waals surface area contributed by atoms with Gasteiger partial charge in [0.05, 0.1) is 16.3 Å². The molecule has 0 bridgehead atoms. The van der Waals surface area contributed by atoms with Gasteiger partial charge in [-0.25, -0.2) is 0 Å². The Balaban J connectivity index is 2.56.